The first-order chi connectivity index (χ1) is 10.0. The van der Waals surface area contributed by atoms with E-state index in [0.29, 0.717) is 35.6 Å². The van der Waals surface area contributed by atoms with Crippen LogP contribution < -0.4 is 14.9 Å². The zero-order valence-corrected chi connectivity index (χ0v) is 12.2. The Kier molecular flexibility index (Phi) is 4.16. The Hall–Kier alpha value is -2.50. The van der Waals surface area contributed by atoms with Gasteiger partial charge < -0.3 is 19.1 Å². The summed E-state index contributed by atoms with van der Waals surface area (Å²) in [6.45, 7) is 4.73. The van der Waals surface area contributed by atoms with E-state index in [9.17, 15) is 9.59 Å². The van der Waals surface area contributed by atoms with Gasteiger partial charge in [0.15, 0.2) is 11.5 Å². The molecule has 0 spiro atoms. The lowest BCUT2D eigenvalue weighted by Crippen LogP contribution is -2.18. The van der Waals surface area contributed by atoms with Crippen LogP contribution in [-0.2, 0) is 6.54 Å². The van der Waals surface area contributed by atoms with E-state index in [1.807, 2.05) is 13.8 Å². The topological polar surface area (TPSA) is 77.8 Å². The standard InChI is InChI=1S/C15H17NO5/c1-4-16-8-10(15(18)19)14(17)9-6-12(20-3)13(21-5-2)7-11(9)16/h6-8H,4-5H2,1-3H3,(H,18,19). The molecular weight excluding hydrogens is 274 g/mol. The van der Waals surface area contributed by atoms with Gasteiger partial charge in [-0.15, -0.1) is 0 Å². The van der Waals surface area contributed by atoms with Crippen LogP contribution >= 0.6 is 0 Å². The number of ether oxygens (including phenoxy) is 2. The molecule has 0 aliphatic rings. The molecule has 0 aliphatic carbocycles. The summed E-state index contributed by atoms with van der Waals surface area (Å²) in [5.74, 6) is -0.305. The van der Waals surface area contributed by atoms with Gasteiger partial charge in [-0.25, -0.2) is 4.79 Å². The van der Waals surface area contributed by atoms with Crippen LogP contribution in [0.5, 0.6) is 11.5 Å². The largest absolute Gasteiger partial charge is 0.493 e. The van der Waals surface area contributed by atoms with Crippen molar-refractivity contribution in [3.05, 3.63) is 34.1 Å². The zero-order chi connectivity index (χ0) is 15.6. The van der Waals surface area contributed by atoms with Gasteiger partial charge in [-0.3, -0.25) is 4.79 Å². The Balaban J connectivity index is 2.87. The number of aryl methyl sites for hydroxylation is 1. The fourth-order valence-electron chi connectivity index (χ4n) is 2.24. The Morgan fingerprint density at radius 2 is 2.00 bits per heavy atom. The van der Waals surface area contributed by atoms with E-state index in [4.69, 9.17) is 14.6 Å². The number of rotatable bonds is 5. The molecule has 6 heteroatoms. The van der Waals surface area contributed by atoms with Crippen molar-refractivity contribution in [2.75, 3.05) is 13.7 Å². The Labute approximate surface area is 121 Å². The highest BCUT2D eigenvalue weighted by atomic mass is 16.5. The Morgan fingerprint density at radius 3 is 2.52 bits per heavy atom. The maximum Gasteiger partial charge on any atom is 0.341 e. The molecule has 0 unspecified atom stereocenters. The van der Waals surface area contributed by atoms with Gasteiger partial charge in [0, 0.05) is 18.8 Å². The molecule has 2 aromatic rings. The highest BCUT2D eigenvalue weighted by molar-refractivity contribution is 5.93. The lowest BCUT2D eigenvalue weighted by molar-refractivity contribution is 0.0695. The third kappa shape index (κ3) is 2.56. The van der Waals surface area contributed by atoms with Crippen LogP contribution in [0.1, 0.15) is 24.2 Å². The lowest BCUT2D eigenvalue weighted by Gasteiger charge is -2.14. The van der Waals surface area contributed by atoms with E-state index in [1.165, 1.54) is 19.4 Å². The van der Waals surface area contributed by atoms with Gasteiger partial charge in [0.1, 0.15) is 5.56 Å². The molecule has 0 bridgehead atoms. The van der Waals surface area contributed by atoms with E-state index < -0.39 is 11.4 Å². The summed E-state index contributed by atoms with van der Waals surface area (Å²) in [5, 5.41) is 9.44. The molecule has 1 heterocycles. The summed E-state index contributed by atoms with van der Waals surface area (Å²) in [4.78, 5) is 23.5. The van der Waals surface area contributed by atoms with Crippen molar-refractivity contribution < 1.29 is 19.4 Å². The summed E-state index contributed by atoms with van der Waals surface area (Å²) in [6.07, 6.45) is 1.36. The number of carboxylic acid groups (broad SMARTS) is 1. The number of pyridine rings is 1. The van der Waals surface area contributed by atoms with Gasteiger partial charge in [-0.1, -0.05) is 0 Å². The molecule has 1 aromatic heterocycles. The predicted octanol–water partition coefficient (Wildman–Crippen LogP) is 2.13. The summed E-state index contributed by atoms with van der Waals surface area (Å²) < 4.78 is 12.4. The fourth-order valence-corrected chi connectivity index (χ4v) is 2.24. The van der Waals surface area contributed by atoms with Crippen LogP contribution in [0, 0.1) is 0 Å². The fraction of sp³-hybridized carbons (Fsp3) is 0.333. The first kappa shape index (κ1) is 14.9. The van der Waals surface area contributed by atoms with Crippen LogP contribution in [0.4, 0.5) is 0 Å². The van der Waals surface area contributed by atoms with E-state index in [0.717, 1.165) is 0 Å². The number of nitrogens with zero attached hydrogens (tertiary/aromatic N) is 1. The zero-order valence-electron chi connectivity index (χ0n) is 12.2. The molecule has 112 valence electrons. The lowest BCUT2D eigenvalue weighted by atomic mass is 10.1. The molecule has 0 atom stereocenters. The average molecular weight is 291 g/mol. The number of hydrogen-bond donors (Lipinski definition) is 1. The monoisotopic (exact) mass is 291 g/mol. The molecule has 2 rings (SSSR count). The highest BCUT2D eigenvalue weighted by Gasteiger charge is 2.17. The van der Waals surface area contributed by atoms with Crippen molar-refractivity contribution in [1.82, 2.24) is 4.57 Å². The van der Waals surface area contributed by atoms with Crippen LogP contribution in [0.25, 0.3) is 10.9 Å². The first-order valence-corrected chi connectivity index (χ1v) is 6.64. The minimum Gasteiger partial charge on any atom is -0.493 e. The van der Waals surface area contributed by atoms with Gasteiger partial charge in [0.25, 0.3) is 0 Å². The van der Waals surface area contributed by atoms with Gasteiger partial charge in [0.2, 0.25) is 5.43 Å². The van der Waals surface area contributed by atoms with Crippen LogP contribution in [-0.4, -0.2) is 29.4 Å². The van der Waals surface area contributed by atoms with Crippen molar-refractivity contribution in [3.8, 4) is 11.5 Å². The Morgan fingerprint density at radius 1 is 1.29 bits per heavy atom. The molecule has 1 aromatic carbocycles. The molecule has 0 radical (unpaired) electrons. The van der Waals surface area contributed by atoms with Gasteiger partial charge in [0.05, 0.1) is 24.6 Å². The van der Waals surface area contributed by atoms with Crippen LogP contribution in [0.15, 0.2) is 23.1 Å². The number of benzene rings is 1. The molecule has 1 N–H and O–H groups in total. The van der Waals surface area contributed by atoms with Gasteiger partial charge in [-0.05, 0) is 19.9 Å². The minimum atomic E-state index is -1.24. The molecule has 21 heavy (non-hydrogen) atoms. The third-order valence-electron chi connectivity index (χ3n) is 3.24. The maximum atomic E-state index is 12.3. The maximum absolute atomic E-state index is 12.3. The van der Waals surface area contributed by atoms with E-state index in [-0.39, 0.29) is 5.56 Å². The number of fused-ring (bicyclic) bond motifs is 1. The second-order valence-electron chi connectivity index (χ2n) is 4.42. The number of methoxy groups -OCH3 is 1. The second-order valence-corrected chi connectivity index (χ2v) is 4.42. The summed E-state index contributed by atoms with van der Waals surface area (Å²) in [6, 6.07) is 3.23. The van der Waals surface area contributed by atoms with Crippen LogP contribution in [0.2, 0.25) is 0 Å². The average Bonchev–Trinajstić information content (AvgIpc) is 2.47. The third-order valence-corrected chi connectivity index (χ3v) is 3.24. The molecule has 0 fully saturated rings. The summed E-state index contributed by atoms with van der Waals surface area (Å²) >= 11 is 0. The summed E-state index contributed by atoms with van der Waals surface area (Å²) in [7, 11) is 1.48. The molecule has 6 nitrogen and oxygen atoms in total. The molecular formula is C15H17NO5. The number of aromatic carboxylic acids is 1. The quantitative estimate of drug-likeness (QED) is 0.913. The SMILES string of the molecule is CCOc1cc2c(cc1OC)c(=O)c(C(=O)O)cn2CC. The molecule has 0 saturated heterocycles. The van der Waals surface area contributed by atoms with E-state index in [1.54, 1.807) is 10.6 Å². The minimum absolute atomic E-state index is 0.254. The van der Waals surface area contributed by atoms with Crippen LogP contribution in [0.3, 0.4) is 0 Å². The number of hydrogen-bond acceptors (Lipinski definition) is 4. The molecule has 0 amide bonds. The van der Waals surface area contributed by atoms with E-state index in [2.05, 4.69) is 0 Å². The number of aromatic nitrogens is 1. The molecule has 0 aliphatic heterocycles. The van der Waals surface area contributed by atoms with Gasteiger partial charge in [-0.2, -0.15) is 0 Å². The second kappa shape index (κ2) is 5.87. The number of carbonyl (C=O) groups is 1. The normalized spacial score (nSPS) is 10.6. The van der Waals surface area contributed by atoms with Crippen molar-refractivity contribution >= 4 is 16.9 Å². The smallest absolute Gasteiger partial charge is 0.341 e. The van der Waals surface area contributed by atoms with Crippen molar-refractivity contribution in [1.29, 1.82) is 0 Å². The highest BCUT2D eigenvalue weighted by Crippen LogP contribution is 2.31. The van der Waals surface area contributed by atoms with Gasteiger partial charge >= 0.3 is 5.97 Å². The first-order valence-electron chi connectivity index (χ1n) is 6.64. The van der Waals surface area contributed by atoms with E-state index >= 15 is 0 Å². The molecule has 0 saturated carbocycles. The van der Waals surface area contributed by atoms with Crippen molar-refractivity contribution in [2.45, 2.75) is 20.4 Å². The Bertz CT molecular complexity index is 748. The summed E-state index contributed by atoms with van der Waals surface area (Å²) in [5.41, 5.74) is -0.157. The predicted molar refractivity (Wildman–Crippen MR) is 78.6 cm³/mol. The number of carboxylic acids is 1. The van der Waals surface area contributed by atoms with Crippen molar-refractivity contribution in [3.63, 3.8) is 0 Å². The van der Waals surface area contributed by atoms with Crippen molar-refractivity contribution in [2.24, 2.45) is 0 Å².